The summed E-state index contributed by atoms with van der Waals surface area (Å²) >= 11 is 0. The number of carbonyl (C=O) groups excluding carboxylic acids is 2. The van der Waals surface area contributed by atoms with Crippen LogP contribution in [0.4, 0.5) is 15.3 Å². The number of nitrogens with zero attached hydrogens (tertiary/aromatic N) is 1. The molecule has 0 aromatic heterocycles. The van der Waals surface area contributed by atoms with E-state index in [-0.39, 0.29) is 41.4 Å². The van der Waals surface area contributed by atoms with Crippen molar-refractivity contribution in [3.63, 3.8) is 0 Å². The number of carbonyl (C=O) groups is 2. The van der Waals surface area contributed by atoms with Gasteiger partial charge in [0, 0.05) is 19.2 Å². The average molecular weight is 462 g/mol. The number of fused-ring (bicyclic) bond motifs is 1. The van der Waals surface area contributed by atoms with Crippen LogP contribution >= 0.6 is 0 Å². The largest absolute Gasteiger partial charge is 0.489 e. The number of ether oxygens (including phenoxy) is 2. The minimum atomic E-state index is -3.70. The first-order valence-corrected chi connectivity index (χ1v) is 11.8. The van der Waals surface area contributed by atoms with Crippen LogP contribution in [0.1, 0.15) is 13.8 Å². The van der Waals surface area contributed by atoms with Gasteiger partial charge in [0.25, 0.3) is 0 Å². The predicted molar refractivity (Wildman–Crippen MR) is 119 cm³/mol. The fraction of sp³-hybridized carbons (Fsp3) is 0.364. The lowest BCUT2D eigenvalue weighted by molar-refractivity contribution is 0.133. The van der Waals surface area contributed by atoms with Crippen LogP contribution in [0, 0.1) is 5.92 Å². The van der Waals surface area contributed by atoms with Gasteiger partial charge in [-0.15, -0.1) is 0 Å². The Balaban J connectivity index is 1.62. The molecular formula is C22H27N3O6S. The first-order valence-electron chi connectivity index (χ1n) is 10.3. The molecule has 9 nitrogen and oxygen atoms in total. The van der Waals surface area contributed by atoms with E-state index in [0.29, 0.717) is 24.6 Å². The van der Waals surface area contributed by atoms with Gasteiger partial charge in [0.2, 0.25) is 9.84 Å². The first-order chi connectivity index (χ1) is 15.3. The molecule has 0 atom stereocenters. The van der Waals surface area contributed by atoms with E-state index in [1.807, 2.05) is 13.8 Å². The molecule has 2 aromatic rings. The van der Waals surface area contributed by atoms with Gasteiger partial charge in [0.15, 0.2) is 0 Å². The zero-order valence-electron chi connectivity index (χ0n) is 18.0. The van der Waals surface area contributed by atoms with Crippen LogP contribution in [0.25, 0.3) is 0 Å². The molecule has 2 aromatic carbocycles. The lowest BCUT2D eigenvalue weighted by Crippen LogP contribution is -2.46. The first kappa shape index (κ1) is 23.4. The maximum atomic E-state index is 12.9. The van der Waals surface area contributed by atoms with Crippen molar-refractivity contribution in [3.05, 3.63) is 48.5 Å². The molecular weight excluding hydrogens is 434 g/mol. The second-order valence-electron chi connectivity index (χ2n) is 7.60. The summed E-state index contributed by atoms with van der Waals surface area (Å²) in [5.74, 6) is 0.559. The summed E-state index contributed by atoms with van der Waals surface area (Å²) < 4.78 is 36.3. The van der Waals surface area contributed by atoms with E-state index >= 15 is 0 Å². The van der Waals surface area contributed by atoms with Gasteiger partial charge in [-0.25, -0.2) is 18.0 Å². The SMILES string of the molecule is CC(C)COC(=O)NCCNC(=O)N1CCOc2cc(S(=O)(=O)c3ccccc3)ccc21. The number of anilines is 1. The van der Waals surface area contributed by atoms with Crippen LogP contribution in [0.15, 0.2) is 58.3 Å². The number of hydrogen-bond donors (Lipinski definition) is 2. The fourth-order valence-electron chi connectivity index (χ4n) is 3.04. The summed E-state index contributed by atoms with van der Waals surface area (Å²) in [6.45, 7) is 5.17. The highest BCUT2D eigenvalue weighted by Crippen LogP contribution is 2.35. The number of amides is 3. The van der Waals surface area contributed by atoms with Crippen LogP contribution < -0.4 is 20.3 Å². The highest BCUT2D eigenvalue weighted by Gasteiger charge is 2.26. The molecule has 0 bridgehead atoms. The molecule has 3 rings (SSSR count). The third-order valence-corrected chi connectivity index (χ3v) is 6.39. The predicted octanol–water partition coefficient (Wildman–Crippen LogP) is 2.81. The second-order valence-corrected chi connectivity index (χ2v) is 9.55. The maximum Gasteiger partial charge on any atom is 0.407 e. The van der Waals surface area contributed by atoms with Crippen molar-refractivity contribution in [1.82, 2.24) is 10.6 Å². The quantitative estimate of drug-likeness (QED) is 0.613. The number of hydrogen-bond acceptors (Lipinski definition) is 6. The van der Waals surface area contributed by atoms with Crippen molar-refractivity contribution in [2.45, 2.75) is 23.6 Å². The van der Waals surface area contributed by atoms with Crippen LogP contribution in [0.3, 0.4) is 0 Å². The Kier molecular flexibility index (Phi) is 7.57. The van der Waals surface area contributed by atoms with Gasteiger partial charge in [0.05, 0.1) is 28.6 Å². The molecule has 0 unspecified atom stereocenters. The summed E-state index contributed by atoms with van der Waals surface area (Å²) in [6.07, 6.45) is -0.531. The maximum absolute atomic E-state index is 12.9. The number of sulfone groups is 1. The molecule has 0 saturated heterocycles. The molecule has 1 heterocycles. The van der Waals surface area contributed by atoms with Gasteiger partial charge in [-0.05, 0) is 30.2 Å². The normalized spacial score (nSPS) is 13.2. The lowest BCUT2D eigenvalue weighted by atomic mass is 10.2. The Hall–Kier alpha value is -3.27. The standard InChI is InChI=1S/C22H27N3O6S/c1-16(2)15-31-22(27)24-11-10-23-21(26)25-12-13-30-20-14-18(8-9-19(20)25)32(28,29)17-6-4-3-5-7-17/h3-9,14,16H,10-13,15H2,1-2H3,(H,23,26)(H,24,27). The topological polar surface area (TPSA) is 114 Å². The fourth-order valence-corrected chi connectivity index (χ4v) is 4.33. The third-order valence-electron chi connectivity index (χ3n) is 4.62. The zero-order valence-corrected chi connectivity index (χ0v) is 18.9. The highest BCUT2D eigenvalue weighted by atomic mass is 32.2. The summed E-state index contributed by atoms with van der Waals surface area (Å²) in [7, 11) is -3.70. The van der Waals surface area contributed by atoms with Crippen molar-refractivity contribution in [2.24, 2.45) is 5.92 Å². The van der Waals surface area contributed by atoms with Crippen LogP contribution in [0.2, 0.25) is 0 Å². The molecule has 0 spiro atoms. The van der Waals surface area contributed by atoms with E-state index in [4.69, 9.17) is 9.47 Å². The summed E-state index contributed by atoms with van der Waals surface area (Å²) in [4.78, 5) is 25.9. The molecule has 0 saturated carbocycles. The van der Waals surface area contributed by atoms with Gasteiger partial charge >= 0.3 is 12.1 Å². The summed E-state index contributed by atoms with van der Waals surface area (Å²) in [5, 5.41) is 5.30. The van der Waals surface area contributed by atoms with E-state index < -0.39 is 15.9 Å². The smallest absolute Gasteiger partial charge is 0.407 e. The number of benzene rings is 2. The van der Waals surface area contributed by atoms with E-state index in [1.165, 1.54) is 29.2 Å². The molecule has 1 aliphatic heterocycles. The molecule has 2 N–H and O–H groups in total. The molecule has 1 aliphatic rings. The number of urea groups is 1. The minimum absolute atomic E-state index is 0.0915. The molecule has 0 fully saturated rings. The minimum Gasteiger partial charge on any atom is -0.489 e. The van der Waals surface area contributed by atoms with Gasteiger partial charge in [-0.1, -0.05) is 32.0 Å². The molecule has 0 radical (unpaired) electrons. The summed E-state index contributed by atoms with van der Waals surface area (Å²) in [6, 6.07) is 12.2. The van der Waals surface area contributed by atoms with Crippen molar-refractivity contribution in [2.75, 3.05) is 37.7 Å². The Morgan fingerprint density at radius 3 is 2.50 bits per heavy atom. The van der Waals surface area contributed by atoms with Crippen LogP contribution in [-0.4, -0.2) is 53.4 Å². The van der Waals surface area contributed by atoms with Gasteiger partial charge in [0.1, 0.15) is 12.4 Å². The van der Waals surface area contributed by atoms with E-state index in [1.54, 1.807) is 24.3 Å². The molecule has 172 valence electrons. The van der Waals surface area contributed by atoms with Crippen molar-refractivity contribution < 1.29 is 27.5 Å². The van der Waals surface area contributed by atoms with Crippen LogP contribution in [-0.2, 0) is 14.6 Å². The molecule has 0 aliphatic carbocycles. The van der Waals surface area contributed by atoms with Gasteiger partial charge < -0.3 is 20.1 Å². The Labute approximate surface area is 187 Å². The second kappa shape index (κ2) is 10.4. The summed E-state index contributed by atoms with van der Waals surface area (Å²) in [5.41, 5.74) is 0.477. The number of rotatable bonds is 7. The van der Waals surface area contributed by atoms with Gasteiger partial charge in [-0.2, -0.15) is 0 Å². The van der Waals surface area contributed by atoms with E-state index in [9.17, 15) is 18.0 Å². The Morgan fingerprint density at radius 1 is 1.06 bits per heavy atom. The van der Waals surface area contributed by atoms with Crippen molar-refractivity contribution >= 4 is 27.6 Å². The Bertz CT molecular complexity index is 1060. The molecule has 32 heavy (non-hydrogen) atoms. The highest BCUT2D eigenvalue weighted by molar-refractivity contribution is 7.91. The number of alkyl carbamates (subject to hydrolysis) is 1. The zero-order chi connectivity index (χ0) is 23.1. The average Bonchev–Trinajstić information content (AvgIpc) is 2.80. The molecule has 3 amide bonds. The van der Waals surface area contributed by atoms with Crippen molar-refractivity contribution in [3.8, 4) is 5.75 Å². The molecule has 10 heteroatoms. The van der Waals surface area contributed by atoms with Crippen molar-refractivity contribution in [1.29, 1.82) is 0 Å². The third kappa shape index (κ3) is 5.70. The van der Waals surface area contributed by atoms with Gasteiger partial charge in [-0.3, -0.25) is 4.90 Å². The Morgan fingerprint density at radius 2 is 1.78 bits per heavy atom. The van der Waals surface area contributed by atoms with E-state index in [0.717, 1.165) is 0 Å². The van der Waals surface area contributed by atoms with Crippen LogP contribution in [0.5, 0.6) is 5.75 Å². The lowest BCUT2D eigenvalue weighted by Gasteiger charge is -2.30. The van der Waals surface area contributed by atoms with E-state index in [2.05, 4.69) is 10.6 Å². The number of nitrogens with one attached hydrogen (secondary N) is 2. The monoisotopic (exact) mass is 461 g/mol.